The van der Waals surface area contributed by atoms with Crippen molar-refractivity contribution in [3.63, 3.8) is 0 Å². The van der Waals surface area contributed by atoms with Crippen LogP contribution in [0.2, 0.25) is 0 Å². The third-order valence-electron chi connectivity index (χ3n) is 4.25. The number of nitro benzene ring substituents is 1. The van der Waals surface area contributed by atoms with Crippen molar-refractivity contribution in [2.24, 2.45) is 4.99 Å². The van der Waals surface area contributed by atoms with Crippen molar-refractivity contribution in [2.45, 2.75) is 30.8 Å². The molecule has 0 unspecified atom stereocenters. The first-order chi connectivity index (χ1) is 13.4. The molecular formula is C20H21N3O3S2. The summed E-state index contributed by atoms with van der Waals surface area (Å²) in [4.78, 5) is 30.5. The summed E-state index contributed by atoms with van der Waals surface area (Å²) in [6.07, 6.45) is 0. The standard InChI is InChI=1S/C20H21N3O3S2/c1-20(2)14-28-19(21-12-15-6-4-3-5-7-15)22(20)18(24)13-27-17-10-8-16(9-11-17)23(25)26/h3-11H,12-14H2,1-2H3. The third-order valence-corrected chi connectivity index (χ3v) is 6.67. The SMILES string of the molecule is CC1(C)CSC(=NCc2ccccc2)N1C(=O)CSc1ccc([N+](=O)[O-])cc1. The molecule has 0 radical (unpaired) electrons. The molecule has 0 saturated carbocycles. The van der Waals surface area contributed by atoms with Gasteiger partial charge in [-0.15, -0.1) is 11.8 Å². The third kappa shape index (κ3) is 4.94. The fraction of sp³-hybridized carbons (Fsp3) is 0.300. The fourth-order valence-corrected chi connectivity index (χ4v) is 4.80. The first-order valence-corrected chi connectivity index (χ1v) is 10.8. The molecule has 1 amide bonds. The summed E-state index contributed by atoms with van der Waals surface area (Å²) in [7, 11) is 0. The van der Waals surface area contributed by atoms with E-state index in [1.807, 2.05) is 44.2 Å². The van der Waals surface area contributed by atoms with Crippen molar-refractivity contribution in [2.75, 3.05) is 11.5 Å². The lowest BCUT2D eigenvalue weighted by Crippen LogP contribution is -2.47. The fourth-order valence-electron chi connectivity index (χ4n) is 2.81. The van der Waals surface area contributed by atoms with Gasteiger partial charge in [-0.05, 0) is 31.5 Å². The van der Waals surface area contributed by atoms with Crippen molar-refractivity contribution < 1.29 is 9.72 Å². The molecule has 0 aromatic heterocycles. The normalized spacial score (nSPS) is 17.1. The van der Waals surface area contributed by atoms with E-state index in [2.05, 4.69) is 4.99 Å². The van der Waals surface area contributed by atoms with Crippen LogP contribution in [-0.2, 0) is 11.3 Å². The van der Waals surface area contributed by atoms with E-state index >= 15 is 0 Å². The molecule has 0 bridgehead atoms. The van der Waals surface area contributed by atoms with E-state index in [1.165, 1.54) is 23.9 Å². The Morgan fingerprint density at radius 1 is 1.21 bits per heavy atom. The van der Waals surface area contributed by atoms with Crippen LogP contribution < -0.4 is 0 Å². The number of thioether (sulfide) groups is 2. The molecule has 2 aromatic carbocycles. The summed E-state index contributed by atoms with van der Waals surface area (Å²) in [6.45, 7) is 4.62. The topological polar surface area (TPSA) is 75.8 Å². The average molecular weight is 416 g/mol. The zero-order valence-corrected chi connectivity index (χ0v) is 17.3. The van der Waals surface area contributed by atoms with Gasteiger partial charge < -0.3 is 0 Å². The van der Waals surface area contributed by atoms with E-state index in [0.29, 0.717) is 6.54 Å². The zero-order valence-electron chi connectivity index (χ0n) is 15.7. The number of hydrogen-bond acceptors (Lipinski definition) is 6. The predicted molar refractivity (Wildman–Crippen MR) is 115 cm³/mol. The summed E-state index contributed by atoms with van der Waals surface area (Å²) in [6, 6.07) is 16.2. The maximum atomic E-state index is 12.9. The molecule has 0 atom stereocenters. The van der Waals surface area contributed by atoms with E-state index in [0.717, 1.165) is 21.4 Å². The van der Waals surface area contributed by atoms with Crippen molar-refractivity contribution >= 4 is 40.3 Å². The summed E-state index contributed by atoms with van der Waals surface area (Å²) in [5.41, 5.74) is 0.851. The molecule has 0 spiro atoms. The van der Waals surface area contributed by atoms with Gasteiger partial charge in [0.05, 0.1) is 22.8 Å². The zero-order chi connectivity index (χ0) is 20.1. The molecule has 1 saturated heterocycles. The highest BCUT2D eigenvalue weighted by Gasteiger charge is 2.40. The van der Waals surface area contributed by atoms with Crippen LogP contribution in [0.25, 0.3) is 0 Å². The van der Waals surface area contributed by atoms with Gasteiger partial charge in [-0.2, -0.15) is 0 Å². The largest absolute Gasteiger partial charge is 0.284 e. The Morgan fingerprint density at radius 2 is 1.89 bits per heavy atom. The maximum Gasteiger partial charge on any atom is 0.269 e. The Labute approximate surface area is 172 Å². The Balaban J connectivity index is 1.67. The van der Waals surface area contributed by atoms with Crippen molar-refractivity contribution in [3.8, 4) is 0 Å². The average Bonchev–Trinajstić information content (AvgIpc) is 3.00. The number of benzene rings is 2. The smallest absolute Gasteiger partial charge is 0.269 e. The molecule has 6 nitrogen and oxygen atoms in total. The minimum absolute atomic E-state index is 0.00911. The molecule has 0 N–H and O–H groups in total. The van der Waals surface area contributed by atoms with Gasteiger partial charge in [-0.25, -0.2) is 0 Å². The molecule has 1 heterocycles. The summed E-state index contributed by atoms with van der Waals surface area (Å²) >= 11 is 2.98. The summed E-state index contributed by atoms with van der Waals surface area (Å²) < 4.78 is 0. The molecular weight excluding hydrogens is 394 g/mol. The maximum absolute atomic E-state index is 12.9. The van der Waals surface area contributed by atoms with Crippen LogP contribution in [0.1, 0.15) is 19.4 Å². The van der Waals surface area contributed by atoms with Gasteiger partial charge in [0.2, 0.25) is 5.91 Å². The highest BCUT2D eigenvalue weighted by Crippen LogP contribution is 2.34. The van der Waals surface area contributed by atoms with E-state index in [-0.39, 0.29) is 22.9 Å². The molecule has 1 aliphatic rings. The summed E-state index contributed by atoms with van der Waals surface area (Å²) in [5, 5.41) is 11.5. The van der Waals surface area contributed by atoms with Gasteiger partial charge in [-0.1, -0.05) is 42.1 Å². The highest BCUT2D eigenvalue weighted by molar-refractivity contribution is 8.14. The Hall–Kier alpha value is -2.32. The van der Waals surface area contributed by atoms with E-state index in [1.54, 1.807) is 28.8 Å². The van der Waals surface area contributed by atoms with Crippen molar-refractivity contribution in [3.05, 3.63) is 70.3 Å². The number of nitrogens with zero attached hydrogens (tertiary/aromatic N) is 3. The van der Waals surface area contributed by atoms with Crippen LogP contribution in [-0.4, -0.2) is 37.9 Å². The van der Waals surface area contributed by atoms with Crippen molar-refractivity contribution in [1.29, 1.82) is 0 Å². The molecule has 3 rings (SSSR count). The van der Waals surface area contributed by atoms with Crippen LogP contribution in [0, 0.1) is 10.1 Å². The van der Waals surface area contributed by atoms with Gasteiger partial charge in [0.1, 0.15) is 0 Å². The first-order valence-electron chi connectivity index (χ1n) is 8.78. The number of amidine groups is 1. The number of aliphatic imine (C=N–C) groups is 1. The number of hydrogen-bond donors (Lipinski definition) is 0. The van der Waals surface area contributed by atoms with Crippen molar-refractivity contribution in [1.82, 2.24) is 4.90 Å². The van der Waals surface area contributed by atoms with E-state index in [4.69, 9.17) is 0 Å². The Bertz CT molecular complexity index is 883. The number of rotatable bonds is 6. The molecule has 0 aliphatic carbocycles. The Morgan fingerprint density at radius 3 is 2.54 bits per heavy atom. The molecule has 28 heavy (non-hydrogen) atoms. The van der Waals surface area contributed by atoms with Gasteiger partial charge in [0, 0.05) is 22.8 Å². The Kier molecular flexibility index (Phi) is 6.41. The molecule has 1 fully saturated rings. The lowest BCUT2D eigenvalue weighted by atomic mass is 10.1. The van der Waals surface area contributed by atoms with Gasteiger partial charge in [0.25, 0.3) is 5.69 Å². The van der Waals surface area contributed by atoms with E-state index in [9.17, 15) is 14.9 Å². The first kappa shape index (κ1) is 20.4. The minimum Gasteiger partial charge on any atom is -0.284 e. The number of carbonyl (C=O) groups excluding carboxylic acids is 1. The number of nitro groups is 1. The van der Waals surface area contributed by atoms with Gasteiger partial charge >= 0.3 is 0 Å². The predicted octanol–water partition coefficient (Wildman–Crippen LogP) is 4.60. The monoisotopic (exact) mass is 415 g/mol. The molecule has 8 heteroatoms. The number of non-ortho nitro benzene ring substituents is 1. The summed E-state index contributed by atoms with van der Waals surface area (Å²) in [5.74, 6) is 1.05. The van der Waals surface area contributed by atoms with E-state index < -0.39 is 4.92 Å². The quantitative estimate of drug-likeness (QED) is 0.392. The van der Waals surface area contributed by atoms with Crippen LogP contribution in [0.4, 0.5) is 5.69 Å². The minimum atomic E-state index is -0.431. The number of amides is 1. The molecule has 146 valence electrons. The second kappa shape index (κ2) is 8.79. The van der Waals surface area contributed by atoms with Crippen LogP contribution in [0.3, 0.4) is 0 Å². The van der Waals surface area contributed by atoms with Gasteiger partial charge in [0.15, 0.2) is 5.17 Å². The van der Waals surface area contributed by atoms with Crippen LogP contribution in [0.15, 0.2) is 64.5 Å². The second-order valence-electron chi connectivity index (χ2n) is 6.95. The van der Waals surface area contributed by atoms with Crippen LogP contribution >= 0.6 is 23.5 Å². The number of carbonyl (C=O) groups is 1. The molecule has 1 aliphatic heterocycles. The lowest BCUT2D eigenvalue weighted by Gasteiger charge is -2.30. The highest BCUT2D eigenvalue weighted by atomic mass is 32.2. The van der Waals surface area contributed by atoms with Gasteiger partial charge in [-0.3, -0.25) is 24.8 Å². The van der Waals surface area contributed by atoms with Crippen LogP contribution in [0.5, 0.6) is 0 Å². The molecule has 2 aromatic rings. The lowest BCUT2D eigenvalue weighted by molar-refractivity contribution is -0.384. The second-order valence-corrected chi connectivity index (χ2v) is 8.95.